The second kappa shape index (κ2) is 7.87. The van der Waals surface area contributed by atoms with Crippen molar-refractivity contribution in [3.63, 3.8) is 0 Å². The van der Waals surface area contributed by atoms with Crippen LogP contribution in [-0.2, 0) is 11.2 Å². The first-order valence-electron chi connectivity index (χ1n) is 8.51. The maximum atomic E-state index is 12.2. The molecule has 0 saturated heterocycles. The third-order valence-corrected chi connectivity index (χ3v) is 4.08. The molecule has 1 N–H and O–H groups in total. The molecule has 134 valence electrons. The fraction of sp³-hybridized carbons (Fsp3) is 0.238. The van der Waals surface area contributed by atoms with E-state index in [1.54, 1.807) is 13.3 Å². The number of anilines is 1. The molecule has 0 bridgehead atoms. The molecule has 0 aliphatic heterocycles. The van der Waals surface area contributed by atoms with Gasteiger partial charge in [-0.2, -0.15) is 0 Å². The Kier molecular flexibility index (Phi) is 5.37. The number of methoxy groups -OCH3 is 1. The predicted molar refractivity (Wildman–Crippen MR) is 101 cm³/mol. The van der Waals surface area contributed by atoms with Gasteiger partial charge in [-0.05, 0) is 31.5 Å². The lowest BCUT2D eigenvalue weighted by Gasteiger charge is -2.10. The molecule has 3 aromatic rings. The number of aryl methyl sites for hydroxylation is 3. The van der Waals surface area contributed by atoms with Gasteiger partial charge in [0.2, 0.25) is 5.91 Å². The van der Waals surface area contributed by atoms with Crippen LogP contribution in [0, 0.1) is 13.8 Å². The van der Waals surface area contributed by atoms with Crippen LogP contribution in [0.2, 0.25) is 0 Å². The van der Waals surface area contributed by atoms with Gasteiger partial charge in [-0.1, -0.05) is 35.9 Å². The summed E-state index contributed by atoms with van der Waals surface area (Å²) in [6.45, 7) is 4.01. The Morgan fingerprint density at radius 3 is 2.58 bits per heavy atom. The number of nitrogens with zero attached hydrogens (tertiary/aromatic N) is 1. The van der Waals surface area contributed by atoms with Crippen molar-refractivity contribution < 1.29 is 13.9 Å². The zero-order valence-corrected chi connectivity index (χ0v) is 15.2. The van der Waals surface area contributed by atoms with E-state index in [-0.39, 0.29) is 12.3 Å². The molecule has 1 aromatic heterocycles. The van der Waals surface area contributed by atoms with Gasteiger partial charge in [0, 0.05) is 18.4 Å². The number of carbonyl (C=O) groups excluding carboxylic acids is 1. The number of rotatable bonds is 6. The van der Waals surface area contributed by atoms with Crippen molar-refractivity contribution in [2.24, 2.45) is 0 Å². The van der Waals surface area contributed by atoms with Crippen LogP contribution >= 0.6 is 0 Å². The molecule has 5 heteroatoms. The first kappa shape index (κ1) is 17.7. The van der Waals surface area contributed by atoms with Crippen molar-refractivity contribution in [2.75, 3.05) is 12.4 Å². The minimum Gasteiger partial charge on any atom is -0.495 e. The number of ether oxygens (including phenoxy) is 1. The van der Waals surface area contributed by atoms with Gasteiger partial charge < -0.3 is 14.5 Å². The summed E-state index contributed by atoms with van der Waals surface area (Å²) < 4.78 is 11.0. The molecule has 0 saturated carbocycles. The summed E-state index contributed by atoms with van der Waals surface area (Å²) in [5, 5.41) is 2.88. The zero-order chi connectivity index (χ0) is 18.5. The van der Waals surface area contributed by atoms with E-state index < -0.39 is 0 Å². The van der Waals surface area contributed by atoms with Crippen molar-refractivity contribution in [1.29, 1.82) is 0 Å². The van der Waals surface area contributed by atoms with Gasteiger partial charge >= 0.3 is 0 Å². The van der Waals surface area contributed by atoms with Gasteiger partial charge in [-0.15, -0.1) is 0 Å². The lowest BCUT2D eigenvalue weighted by molar-refractivity contribution is -0.116. The summed E-state index contributed by atoms with van der Waals surface area (Å²) in [5.74, 6) is 1.79. The fourth-order valence-corrected chi connectivity index (χ4v) is 2.63. The van der Waals surface area contributed by atoms with Gasteiger partial charge in [0.15, 0.2) is 11.7 Å². The molecule has 0 atom stereocenters. The molecule has 0 aliphatic carbocycles. The quantitative estimate of drug-likeness (QED) is 0.709. The van der Waals surface area contributed by atoms with Gasteiger partial charge in [0.1, 0.15) is 5.75 Å². The van der Waals surface area contributed by atoms with Crippen molar-refractivity contribution >= 4 is 11.6 Å². The topological polar surface area (TPSA) is 64.4 Å². The summed E-state index contributed by atoms with van der Waals surface area (Å²) in [7, 11) is 1.58. The number of aromatic nitrogens is 1. The molecule has 1 heterocycles. The van der Waals surface area contributed by atoms with E-state index in [0.717, 1.165) is 11.1 Å². The van der Waals surface area contributed by atoms with Crippen LogP contribution in [-0.4, -0.2) is 18.0 Å². The van der Waals surface area contributed by atoms with Crippen LogP contribution in [0.3, 0.4) is 0 Å². The molecule has 1 amide bonds. The first-order valence-corrected chi connectivity index (χ1v) is 8.51. The Morgan fingerprint density at radius 2 is 1.85 bits per heavy atom. The Morgan fingerprint density at radius 1 is 1.12 bits per heavy atom. The van der Waals surface area contributed by atoms with E-state index in [4.69, 9.17) is 9.15 Å². The maximum Gasteiger partial charge on any atom is 0.224 e. The van der Waals surface area contributed by atoms with Crippen LogP contribution in [0.4, 0.5) is 5.69 Å². The average molecular weight is 350 g/mol. The molecule has 2 aromatic carbocycles. The van der Waals surface area contributed by atoms with Crippen molar-refractivity contribution in [3.8, 4) is 17.1 Å². The van der Waals surface area contributed by atoms with E-state index in [9.17, 15) is 4.79 Å². The van der Waals surface area contributed by atoms with Gasteiger partial charge in [-0.25, -0.2) is 4.98 Å². The SMILES string of the molecule is COc1ccc(C)cc1NC(=O)CCc1ncc(-c2ccc(C)cc2)o1. The van der Waals surface area contributed by atoms with Crippen LogP contribution in [0.5, 0.6) is 5.75 Å². The average Bonchev–Trinajstić information content (AvgIpc) is 3.10. The Balaban J connectivity index is 1.60. The van der Waals surface area contributed by atoms with Crippen LogP contribution < -0.4 is 10.1 Å². The molecule has 0 radical (unpaired) electrons. The Hall–Kier alpha value is -3.08. The highest BCUT2D eigenvalue weighted by molar-refractivity contribution is 5.92. The minimum absolute atomic E-state index is 0.107. The highest BCUT2D eigenvalue weighted by Gasteiger charge is 2.11. The van der Waals surface area contributed by atoms with E-state index >= 15 is 0 Å². The van der Waals surface area contributed by atoms with Crippen molar-refractivity contribution in [1.82, 2.24) is 4.98 Å². The maximum absolute atomic E-state index is 12.2. The van der Waals surface area contributed by atoms with E-state index in [1.807, 2.05) is 56.3 Å². The lowest BCUT2D eigenvalue weighted by atomic mass is 10.1. The molecular weight excluding hydrogens is 328 g/mol. The van der Waals surface area contributed by atoms with Gasteiger partial charge in [0.25, 0.3) is 0 Å². The second-order valence-corrected chi connectivity index (χ2v) is 6.24. The summed E-state index contributed by atoms with van der Waals surface area (Å²) in [5.41, 5.74) is 3.89. The summed E-state index contributed by atoms with van der Waals surface area (Å²) in [4.78, 5) is 16.5. The van der Waals surface area contributed by atoms with Gasteiger partial charge in [0.05, 0.1) is 19.0 Å². The number of carbonyl (C=O) groups is 1. The smallest absolute Gasteiger partial charge is 0.224 e. The molecule has 0 fully saturated rings. The number of hydrogen-bond donors (Lipinski definition) is 1. The molecule has 0 spiro atoms. The van der Waals surface area contributed by atoms with Crippen molar-refractivity contribution in [3.05, 3.63) is 65.7 Å². The third-order valence-electron chi connectivity index (χ3n) is 4.08. The third kappa shape index (κ3) is 4.30. The van der Waals surface area contributed by atoms with E-state index in [1.165, 1.54) is 5.56 Å². The number of benzene rings is 2. The molecule has 26 heavy (non-hydrogen) atoms. The minimum atomic E-state index is -0.107. The molecule has 5 nitrogen and oxygen atoms in total. The monoisotopic (exact) mass is 350 g/mol. The summed E-state index contributed by atoms with van der Waals surface area (Å²) in [6, 6.07) is 13.7. The molecular formula is C21H22N2O3. The highest BCUT2D eigenvalue weighted by atomic mass is 16.5. The molecule has 0 unspecified atom stereocenters. The summed E-state index contributed by atoms with van der Waals surface area (Å²) in [6.07, 6.45) is 2.41. The van der Waals surface area contributed by atoms with E-state index in [0.29, 0.717) is 29.5 Å². The summed E-state index contributed by atoms with van der Waals surface area (Å²) >= 11 is 0. The molecule has 0 aliphatic rings. The first-order chi connectivity index (χ1) is 12.5. The number of amides is 1. The highest BCUT2D eigenvalue weighted by Crippen LogP contribution is 2.25. The number of hydrogen-bond acceptors (Lipinski definition) is 4. The largest absolute Gasteiger partial charge is 0.495 e. The lowest BCUT2D eigenvalue weighted by Crippen LogP contribution is -2.13. The fourth-order valence-electron chi connectivity index (χ4n) is 2.63. The van der Waals surface area contributed by atoms with E-state index in [2.05, 4.69) is 10.3 Å². The zero-order valence-electron chi connectivity index (χ0n) is 15.2. The van der Waals surface area contributed by atoms with Crippen LogP contribution in [0.25, 0.3) is 11.3 Å². The Labute approximate surface area is 153 Å². The standard InChI is InChI=1S/C21H22N2O3/c1-14-4-7-16(8-5-14)19-13-22-21(26-19)11-10-20(24)23-17-12-15(2)6-9-18(17)25-3/h4-9,12-13H,10-11H2,1-3H3,(H,23,24). The Bertz CT molecular complexity index is 898. The van der Waals surface area contributed by atoms with Gasteiger partial charge in [-0.3, -0.25) is 4.79 Å². The number of nitrogens with one attached hydrogen (secondary N) is 1. The predicted octanol–water partition coefficient (Wildman–Crippen LogP) is 4.54. The number of oxazole rings is 1. The second-order valence-electron chi connectivity index (χ2n) is 6.24. The van der Waals surface area contributed by atoms with Crippen molar-refractivity contribution in [2.45, 2.75) is 26.7 Å². The normalized spacial score (nSPS) is 10.6. The molecule has 3 rings (SSSR count). The van der Waals surface area contributed by atoms with Crippen LogP contribution in [0.15, 0.2) is 53.1 Å². The van der Waals surface area contributed by atoms with Crippen LogP contribution in [0.1, 0.15) is 23.4 Å².